The number of hydrogen-bond acceptors (Lipinski definition) is 4. The van der Waals surface area contributed by atoms with Gasteiger partial charge in [0.25, 0.3) is 0 Å². The molecular weight excluding hydrogens is 578 g/mol. The summed E-state index contributed by atoms with van der Waals surface area (Å²) in [5.41, 5.74) is 0. The van der Waals surface area contributed by atoms with Gasteiger partial charge in [-0.25, -0.2) is 0 Å². The fourth-order valence-corrected chi connectivity index (χ4v) is 6.75. The number of aliphatic hydroxyl groups excluding tert-OH is 2. The van der Waals surface area contributed by atoms with Gasteiger partial charge in [0.15, 0.2) is 6.29 Å². The molecule has 0 aliphatic carbocycles. The zero-order chi connectivity index (χ0) is 34.3. The van der Waals surface area contributed by atoms with Crippen LogP contribution in [0.5, 0.6) is 0 Å². The summed E-state index contributed by atoms with van der Waals surface area (Å²) >= 11 is 0. The normalized spacial score (nSPS) is 12.7. The number of hydrogen-bond donors (Lipinski definition) is 2. The summed E-state index contributed by atoms with van der Waals surface area (Å²) in [5.74, 6) is 0. The molecule has 0 rings (SSSR count). The Morgan fingerprint density at radius 3 is 1.30 bits per heavy atom. The molecule has 0 fully saturated rings. The topological polar surface area (TPSA) is 52.9 Å². The van der Waals surface area contributed by atoms with Gasteiger partial charge in [-0.15, -0.1) is 0 Å². The molecule has 2 N–H and O–H groups in total. The maximum atomic E-state index is 10.7. The molecule has 282 valence electrons. The Balaban J connectivity index is 3.93. The second-order valence-corrected chi connectivity index (χ2v) is 14.7. The van der Waals surface area contributed by atoms with E-state index >= 15 is 0 Å². The standard InChI is InChI=1S/C43H87NO3/c1-4-7-10-13-16-17-18-19-20-21-22-23-28-33-38-44(40-41-45)39-34-29-24-27-32-37-43(46)47-42(35-30-25-14-11-8-5-2)36-31-26-15-12-9-6-3/h13,16,42-43,45-46H,4-12,14-15,17-41H2,1-3H3/b16-13+. The van der Waals surface area contributed by atoms with E-state index in [1.54, 1.807) is 0 Å². The van der Waals surface area contributed by atoms with Crippen molar-refractivity contribution < 1.29 is 14.9 Å². The zero-order valence-electron chi connectivity index (χ0n) is 32.5. The van der Waals surface area contributed by atoms with E-state index in [0.29, 0.717) is 0 Å². The molecule has 47 heavy (non-hydrogen) atoms. The average molecular weight is 666 g/mol. The van der Waals surface area contributed by atoms with E-state index in [9.17, 15) is 10.2 Å². The quantitative estimate of drug-likeness (QED) is 0.0388. The average Bonchev–Trinajstić information content (AvgIpc) is 3.07. The number of nitrogens with zero attached hydrogens (tertiary/aromatic N) is 1. The van der Waals surface area contributed by atoms with Gasteiger partial charge in [-0.05, 0) is 70.9 Å². The van der Waals surface area contributed by atoms with Gasteiger partial charge in [0, 0.05) is 6.54 Å². The highest BCUT2D eigenvalue weighted by atomic mass is 16.6. The number of aliphatic hydroxyl groups is 2. The van der Waals surface area contributed by atoms with Gasteiger partial charge in [0.05, 0.1) is 12.7 Å². The highest BCUT2D eigenvalue weighted by molar-refractivity contribution is 4.81. The van der Waals surface area contributed by atoms with Gasteiger partial charge >= 0.3 is 0 Å². The predicted molar refractivity (Wildman–Crippen MR) is 208 cm³/mol. The Kier molecular flexibility index (Phi) is 39.7. The molecule has 0 radical (unpaired) electrons. The van der Waals surface area contributed by atoms with Crippen molar-refractivity contribution in [2.45, 2.75) is 239 Å². The molecule has 0 aliphatic rings. The summed E-state index contributed by atoms with van der Waals surface area (Å²) in [4.78, 5) is 2.47. The summed E-state index contributed by atoms with van der Waals surface area (Å²) in [5, 5.41) is 20.2. The van der Waals surface area contributed by atoms with Crippen molar-refractivity contribution in [3.63, 3.8) is 0 Å². The van der Waals surface area contributed by atoms with Crippen molar-refractivity contribution in [2.75, 3.05) is 26.2 Å². The van der Waals surface area contributed by atoms with Crippen molar-refractivity contribution in [3.05, 3.63) is 12.2 Å². The van der Waals surface area contributed by atoms with E-state index in [1.807, 2.05) is 0 Å². The lowest BCUT2D eigenvalue weighted by molar-refractivity contribution is -0.144. The third kappa shape index (κ3) is 36.7. The SMILES string of the molecule is CCCC/C=C/CCCCCCCCCCN(CCO)CCCCCCCC(O)OC(CCCCCCCC)CCCCCCCC. The van der Waals surface area contributed by atoms with E-state index in [-0.39, 0.29) is 12.7 Å². The summed E-state index contributed by atoms with van der Waals surface area (Å²) in [6.45, 7) is 10.1. The molecule has 4 heteroatoms. The monoisotopic (exact) mass is 666 g/mol. The molecule has 0 aliphatic heterocycles. The largest absolute Gasteiger partial charge is 0.395 e. The van der Waals surface area contributed by atoms with Crippen LogP contribution in [-0.2, 0) is 4.74 Å². The van der Waals surface area contributed by atoms with Crippen LogP contribution in [0.4, 0.5) is 0 Å². The van der Waals surface area contributed by atoms with Crippen LogP contribution in [0, 0.1) is 0 Å². The molecule has 4 nitrogen and oxygen atoms in total. The third-order valence-electron chi connectivity index (χ3n) is 9.94. The molecule has 1 unspecified atom stereocenters. The van der Waals surface area contributed by atoms with E-state index in [4.69, 9.17) is 4.74 Å². The van der Waals surface area contributed by atoms with E-state index in [2.05, 4.69) is 37.8 Å². The van der Waals surface area contributed by atoms with E-state index in [1.165, 1.54) is 180 Å². The Bertz CT molecular complexity index is 582. The summed E-state index contributed by atoms with van der Waals surface area (Å²) in [6, 6.07) is 0. The maximum absolute atomic E-state index is 10.7. The first-order valence-electron chi connectivity index (χ1n) is 21.5. The fourth-order valence-electron chi connectivity index (χ4n) is 6.75. The molecule has 0 amide bonds. The van der Waals surface area contributed by atoms with Gasteiger partial charge in [-0.3, -0.25) is 0 Å². The Labute approximate surface area is 296 Å². The molecule has 0 aromatic carbocycles. The maximum Gasteiger partial charge on any atom is 0.154 e. The van der Waals surface area contributed by atoms with Crippen LogP contribution >= 0.6 is 0 Å². The Morgan fingerprint density at radius 2 is 0.830 bits per heavy atom. The van der Waals surface area contributed by atoms with E-state index < -0.39 is 6.29 Å². The molecule has 0 aromatic heterocycles. The molecule has 0 saturated carbocycles. The van der Waals surface area contributed by atoms with Crippen molar-refractivity contribution in [2.24, 2.45) is 0 Å². The smallest absolute Gasteiger partial charge is 0.154 e. The van der Waals surface area contributed by atoms with Gasteiger partial charge < -0.3 is 19.8 Å². The lowest BCUT2D eigenvalue weighted by Crippen LogP contribution is -2.29. The molecule has 0 spiro atoms. The first kappa shape index (κ1) is 46.6. The van der Waals surface area contributed by atoms with Crippen LogP contribution in [0.25, 0.3) is 0 Å². The first-order valence-corrected chi connectivity index (χ1v) is 21.5. The zero-order valence-corrected chi connectivity index (χ0v) is 32.5. The van der Waals surface area contributed by atoms with Gasteiger partial charge in [0.1, 0.15) is 0 Å². The minimum absolute atomic E-state index is 0.234. The van der Waals surface area contributed by atoms with E-state index in [0.717, 1.165) is 45.3 Å². The summed E-state index contributed by atoms with van der Waals surface area (Å²) in [7, 11) is 0. The second-order valence-electron chi connectivity index (χ2n) is 14.7. The number of unbranched alkanes of at least 4 members (excludes halogenated alkanes) is 24. The summed E-state index contributed by atoms with van der Waals surface area (Å²) < 4.78 is 6.22. The van der Waals surface area contributed by atoms with Gasteiger partial charge in [0.2, 0.25) is 0 Å². The first-order chi connectivity index (χ1) is 23.2. The number of ether oxygens (including phenoxy) is 1. The molecule has 0 heterocycles. The third-order valence-corrected chi connectivity index (χ3v) is 9.94. The number of rotatable bonds is 40. The van der Waals surface area contributed by atoms with Gasteiger partial charge in [-0.1, -0.05) is 181 Å². The van der Waals surface area contributed by atoms with Crippen molar-refractivity contribution in [3.8, 4) is 0 Å². The second kappa shape index (κ2) is 40.0. The molecule has 1 atom stereocenters. The predicted octanol–water partition coefficient (Wildman–Crippen LogP) is 13.1. The Hall–Kier alpha value is -0.420. The lowest BCUT2D eigenvalue weighted by Gasteiger charge is -2.22. The minimum Gasteiger partial charge on any atom is -0.395 e. The van der Waals surface area contributed by atoms with Crippen molar-refractivity contribution in [1.29, 1.82) is 0 Å². The highest BCUT2D eigenvalue weighted by Gasteiger charge is 2.14. The van der Waals surface area contributed by atoms with Crippen LogP contribution in [0.2, 0.25) is 0 Å². The molecule has 0 bridgehead atoms. The molecular formula is C43H87NO3. The van der Waals surface area contributed by atoms with Crippen LogP contribution in [0.1, 0.15) is 226 Å². The molecule has 0 saturated heterocycles. The van der Waals surface area contributed by atoms with Gasteiger partial charge in [-0.2, -0.15) is 0 Å². The lowest BCUT2D eigenvalue weighted by atomic mass is 10.0. The van der Waals surface area contributed by atoms with Crippen molar-refractivity contribution >= 4 is 0 Å². The van der Waals surface area contributed by atoms with Crippen LogP contribution in [0.3, 0.4) is 0 Å². The van der Waals surface area contributed by atoms with Crippen LogP contribution in [0.15, 0.2) is 12.2 Å². The fraction of sp³-hybridized carbons (Fsp3) is 0.953. The Morgan fingerprint density at radius 1 is 0.447 bits per heavy atom. The minimum atomic E-state index is -0.595. The number of allylic oxidation sites excluding steroid dienone is 2. The van der Waals surface area contributed by atoms with Crippen LogP contribution < -0.4 is 0 Å². The summed E-state index contributed by atoms with van der Waals surface area (Å²) in [6.07, 6.45) is 45.1. The highest BCUT2D eigenvalue weighted by Crippen LogP contribution is 2.20. The molecule has 0 aromatic rings. The van der Waals surface area contributed by atoms with Crippen LogP contribution in [-0.4, -0.2) is 53.7 Å². The van der Waals surface area contributed by atoms with Crippen molar-refractivity contribution in [1.82, 2.24) is 4.90 Å².